The summed E-state index contributed by atoms with van der Waals surface area (Å²) >= 11 is 3.49. The van der Waals surface area contributed by atoms with E-state index in [2.05, 4.69) is 47.1 Å². The van der Waals surface area contributed by atoms with Gasteiger partial charge in [0, 0.05) is 50.6 Å². The third-order valence-electron chi connectivity index (χ3n) is 3.35. The van der Waals surface area contributed by atoms with E-state index in [-0.39, 0.29) is 6.09 Å². The molecule has 0 aromatic carbocycles. The fourth-order valence-corrected chi connectivity index (χ4v) is 2.79. The lowest BCUT2D eigenvalue weighted by Crippen LogP contribution is -2.40. The number of aryl methyl sites for hydroxylation is 1. The fraction of sp³-hybridized carbons (Fsp3) is 0.647. The van der Waals surface area contributed by atoms with Crippen LogP contribution < -0.4 is 10.6 Å². The summed E-state index contributed by atoms with van der Waals surface area (Å²) in [5.74, 6) is 0.814. The van der Waals surface area contributed by atoms with Gasteiger partial charge in [0.15, 0.2) is 5.96 Å². The van der Waals surface area contributed by atoms with Crippen molar-refractivity contribution in [1.29, 1.82) is 0 Å². The van der Waals surface area contributed by atoms with Crippen molar-refractivity contribution in [3.63, 3.8) is 0 Å². The Kier molecular flexibility index (Phi) is 8.28. The first kappa shape index (κ1) is 21.3. The summed E-state index contributed by atoms with van der Waals surface area (Å²) in [7, 11) is 5.78. The van der Waals surface area contributed by atoms with E-state index in [0.29, 0.717) is 13.1 Å². The number of carbonyl (C=O) groups is 1. The molecule has 142 valence electrons. The van der Waals surface area contributed by atoms with Crippen molar-refractivity contribution in [1.82, 2.24) is 20.1 Å². The van der Waals surface area contributed by atoms with Crippen LogP contribution in [0.5, 0.6) is 0 Å². The highest BCUT2D eigenvalue weighted by atomic mass is 79.9. The first-order valence-electron chi connectivity index (χ1n) is 8.31. The summed E-state index contributed by atoms with van der Waals surface area (Å²) in [6.45, 7) is 7.55. The van der Waals surface area contributed by atoms with Crippen molar-refractivity contribution in [3.8, 4) is 0 Å². The number of nitrogens with zero attached hydrogens (tertiary/aromatic N) is 3. The van der Waals surface area contributed by atoms with E-state index < -0.39 is 5.60 Å². The van der Waals surface area contributed by atoms with E-state index in [0.717, 1.165) is 23.4 Å². The minimum Gasteiger partial charge on any atom is -0.444 e. The van der Waals surface area contributed by atoms with Crippen molar-refractivity contribution >= 4 is 28.0 Å². The van der Waals surface area contributed by atoms with Gasteiger partial charge in [0.1, 0.15) is 5.60 Å². The lowest BCUT2D eigenvalue weighted by Gasteiger charge is -2.22. The van der Waals surface area contributed by atoms with Crippen LogP contribution in [0, 0.1) is 0 Å². The average Bonchev–Trinajstić information content (AvgIpc) is 2.78. The van der Waals surface area contributed by atoms with Gasteiger partial charge in [0.2, 0.25) is 0 Å². The molecule has 25 heavy (non-hydrogen) atoms. The minimum absolute atomic E-state index is 0.386. The third kappa shape index (κ3) is 8.29. The molecule has 7 nitrogen and oxygen atoms in total. The van der Waals surface area contributed by atoms with Gasteiger partial charge in [0.05, 0.1) is 6.54 Å². The molecule has 0 saturated carbocycles. The van der Waals surface area contributed by atoms with Crippen LogP contribution in [-0.4, -0.2) is 54.3 Å². The molecule has 0 bridgehead atoms. The van der Waals surface area contributed by atoms with Crippen LogP contribution in [0.15, 0.2) is 21.7 Å². The second-order valence-corrected chi connectivity index (χ2v) is 7.79. The van der Waals surface area contributed by atoms with Crippen molar-refractivity contribution in [2.45, 2.75) is 39.3 Å². The highest BCUT2D eigenvalue weighted by Crippen LogP contribution is 2.14. The van der Waals surface area contributed by atoms with E-state index in [4.69, 9.17) is 4.74 Å². The summed E-state index contributed by atoms with van der Waals surface area (Å²) in [6.07, 6.45) is 2.42. The molecule has 1 aromatic heterocycles. The van der Waals surface area contributed by atoms with Crippen LogP contribution in [-0.2, 0) is 18.3 Å². The summed E-state index contributed by atoms with van der Waals surface area (Å²) in [4.78, 5) is 17.9. The van der Waals surface area contributed by atoms with Gasteiger partial charge in [0.25, 0.3) is 0 Å². The number of nitrogens with one attached hydrogen (secondary N) is 2. The molecular formula is C17H30BrN5O2. The highest BCUT2D eigenvalue weighted by Gasteiger charge is 2.15. The number of guanidine groups is 1. The van der Waals surface area contributed by atoms with Gasteiger partial charge in [-0.05, 0) is 49.2 Å². The smallest absolute Gasteiger partial charge is 0.407 e. The minimum atomic E-state index is -0.473. The number of ether oxygens (including phenoxy) is 1. The fourth-order valence-electron chi connectivity index (χ4n) is 2.22. The lowest BCUT2D eigenvalue weighted by atomic mass is 10.2. The Morgan fingerprint density at radius 3 is 2.52 bits per heavy atom. The van der Waals surface area contributed by atoms with Gasteiger partial charge in [-0.15, -0.1) is 0 Å². The molecule has 0 aliphatic carbocycles. The van der Waals surface area contributed by atoms with Gasteiger partial charge in [-0.3, -0.25) is 4.99 Å². The number of hydrogen-bond donors (Lipinski definition) is 2. The summed E-state index contributed by atoms with van der Waals surface area (Å²) in [5.41, 5.74) is 0.711. The SMILES string of the molecule is CN=C(NCCCNC(=O)OC(C)(C)C)N(C)Cc1cc(Br)cn1C. The van der Waals surface area contributed by atoms with Crippen LogP contribution in [0.1, 0.15) is 32.9 Å². The Morgan fingerprint density at radius 1 is 1.36 bits per heavy atom. The number of aromatic nitrogens is 1. The van der Waals surface area contributed by atoms with Crippen molar-refractivity contribution in [2.24, 2.45) is 12.0 Å². The molecule has 1 amide bonds. The van der Waals surface area contributed by atoms with Gasteiger partial charge < -0.3 is 24.8 Å². The molecule has 1 aromatic rings. The molecule has 1 rings (SSSR count). The molecule has 2 N–H and O–H groups in total. The number of rotatable bonds is 6. The zero-order chi connectivity index (χ0) is 19.0. The maximum Gasteiger partial charge on any atom is 0.407 e. The molecule has 0 unspecified atom stereocenters. The lowest BCUT2D eigenvalue weighted by molar-refractivity contribution is 0.0527. The maximum atomic E-state index is 11.6. The standard InChI is InChI=1S/C17H30BrN5O2/c1-17(2,3)25-16(24)21-9-7-8-20-15(19-4)23(6)12-14-10-13(18)11-22(14)5/h10-11H,7-9,12H2,1-6H3,(H,19,20)(H,21,24). The molecule has 0 fully saturated rings. The Balaban J connectivity index is 2.32. The second-order valence-electron chi connectivity index (χ2n) is 6.87. The molecule has 0 spiro atoms. The summed E-state index contributed by atoms with van der Waals surface area (Å²) in [6, 6.07) is 2.09. The predicted molar refractivity (Wildman–Crippen MR) is 105 cm³/mol. The normalized spacial score (nSPS) is 12.0. The first-order valence-corrected chi connectivity index (χ1v) is 9.11. The molecule has 8 heteroatoms. The number of amides is 1. The Labute approximate surface area is 158 Å². The van der Waals surface area contributed by atoms with Crippen LogP contribution in [0.25, 0.3) is 0 Å². The number of aliphatic imine (C=N–C) groups is 1. The van der Waals surface area contributed by atoms with Gasteiger partial charge in [-0.2, -0.15) is 0 Å². The van der Waals surface area contributed by atoms with Crippen molar-refractivity contribution in [2.75, 3.05) is 27.2 Å². The monoisotopic (exact) mass is 415 g/mol. The zero-order valence-corrected chi connectivity index (χ0v) is 17.6. The number of alkyl carbamates (subject to hydrolysis) is 1. The number of carbonyl (C=O) groups excluding carboxylic acids is 1. The molecule has 0 atom stereocenters. The third-order valence-corrected chi connectivity index (χ3v) is 3.79. The van der Waals surface area contributed by atoms with Gasteiger partial charge in [-0.25, -0.2) is 4.79 Å². The Morgan fingerprint density at radius 2 is 2.00 bits per heavy atom. The van der Waals surface area contributed by atoms with Crippen molar-refractivity contribution < 1.29 is 9.53 Å². The van der Waals surface area contributed by atoms with E-state index in [1.165, 1.54) is 5.69 Å². The second kappa shape index (κ2) is 9.70. The maximum absolute atomic E-state index is 11.6. The molecular weight excluding hydrogens is 386 g/mol. The van der Waals surface area contributed by atoms with E-state index in [1.54, 1.807) is 7.05 Å². The quantitative estimate of drug-likeness (QED) is 0.425. The first-order chi connectivity index (χ1) is 11.6. The summed E-state index contributed by atoms with van der Waals surface area (Å²) in [5, 5.41) is 6.05. The highest BCUT2D eigenvalue weighted by molar-refractivity contribution is 9.10. The molecule has 0 aliphatic rings. The topological polar surface area (TPSA) is 70.9 Å². The molecule has 1 heterocycles. The molecule has 0 saturated heterocycles. The number of hydrogen-bond acceptors (Lipinski definition) is 3. The van der Waals surface area contributed by atoms with E-state index >= 15 is 0 Å². The van der Waals surface area contributed by atoms with E-state index in [9.17, 15) is 4.79 Å². The predicted octanol–water partition coefficient (Wildman–Crippen LogP) is 2.71. The van der Waals surface area contributed by atoms with Crippen molar-refractivity contribution in [3.05, 3.63) is 22.4 Å². The average molecular weight is 416 g/mol. The van der Waals surface area contributed by atoms with Crippen LogP contribution in [0.3, 0.4) is 0 Å². The largest absolute Gasteiger partial charge is 0.444 e. The summed E-state index contributed by atoms with van der Waals surface area (Å²) < 4.78 is 8.34. The van der Waals surface area contributed by atoms with Crippen LogP contribution >= 0.6 is 15.9 Å². The number of halogens is 1. The Hall–Kier alpha value is -1.70. The molecule has 0 radical (unpaired) electrons. The Bertz CT molecular complexity index is 592. The van der Waals surface area contributed by atoms with Gasteiger partial charge >= 0.3 is 6.09 Å². The van der Waals surface area contributed by atoms with Gasteiger partial charge in [-0.1, -0.05) is 0 Å². The zero-order valence-electron chi connectivity index (χ0n) is 16.0. The van der Waals surface area contributed by atoms with E-state index in [1.807, 2.05) is 41.1 Å². The van der Waals surface area contributed by atoms with Crippen LogP contribution in [0.4, 0.5) is 4.79 Å². The molecule has 0 aliphatic heterocycles. The van der Waals surface area contributed by atoms with Crippen LogP contribution in [0.2, 0.25) is 0 Å².